The van der Waals surface area contributed by atoms with Crippen molar-refractivity contribution in [1.29, 1.82) is 0 Å². The Labute approximate surface area is 126 Å². The molecule has 7 heteroatoms. The highest BCUT2D eigenvalue weighted by molar-refractivity contribution is 5.69. The zero-order valence-electron chi connectivity index (χ0n) is 13.3. The van der Waals surface area contributed by atoms with E-state index in [1.807, 2.05) is 27.7 Å². The molecule has 7 nitrogen and oxygen atoms in total. The molecule has 1 aliphatic rings. The highest BCUT2D eigenvalue weighted by Crippen LogP contribution is 2.18. The molecule has 0 bridgehead atoms. The minimum Gasteiger partial charge on any atom is -0.465 e. The van der Waals surface area contributed by atoms with Crippen LogP contribution in [0.15, 0.2) is 0 Å². The van der Waals surface area contributed by atoms with E-state index in [1.165, 1.54) is 0 Å². The van der Waals surface area contributed by atoms with Crippen LogP contribution in [0.4, 0.5) is 9.59 Å². The molecule has 2 amide bonds. The molecule has 1 rings (SSSR count). The van der Waals surface area contributed by atoms with Gasteiger partial charge in [-0.1, -0.05) is 0 Å². The Morgan fingerprint density at radius 2 is 2.14 bits per heavy atom. The summed E-state index contributed by atoms with van der Waals surface area (Å²) in [4.78, 5) is 24.7. The van der Waals surface area contributed by atoms with Crippen LogP contribution in [0.1, 0.15) is 40.5 Å². The Morgan fingerprint density at radius 1 is 1.48 bits per heavy atom. The molecule has 0 spiro atoms. The fourth-order valence-corrected chi connectivity index (χ4v) is 2.41. The van der Waals surface area contributed by atoms with E-state index < -0.39 is 17.8 Å². The zero-order chi connectivity index (χ0) is 16.0. The second kappa shape index (κ2) is 7.49. The lowest BCUT2D eigenvalue weighted by Crippen LogP contribution is -2.56. The van der Waals surface area contributed by atoms with Crippen LogP contribution >= 0.6 is 0 Å². The summed E-state index contributed by atoms with van der Waals surface area (Å²) >= 11 is 0. The van der Waals surface area contributed by atoms with Crippen LogP contribution in [0.2, 0.25) is 0 Å². The van der Waals surface area contributed by atoms with Crippen LogP contribution in [0.25, 0.3) is 0 Å². The second-order valence-electron chi connectivity index (χ2n) is 6.42. The first-order valence-corrected chi connectivity index (χ1v) is 7.39. The lowest BCUT2D eigenvalue weighted by molar-refractivity contribution is 0.00387. The number of nitrogens with zero attached hydrogens (tertiary/aromatic N) is 1. The molecule has 21 heavy (non-hydrogen) atoms. The third-order valence-electron chi connectivity index (χ3n) is 3.29. The molecule has 3 N–H and O–H groups in total. The third kappa shape index (κ3) is 6.20. The maximum Gasteiger partial charge on any atom is 0.410 e. The van der Waals surface area contributed by atoms with Gasteiger partial charge in [-0.2, -0.15) is 0 Å². The summed E-state index contributed by atoms with van der Waals surface area (Å²) in [5.41, 5.74) is -0.572. The Hall–Kier alpha value is -1.50. The van der Waals surface area contributed by atoms with Gasteiger partial charge in [0.2, 0.25) is 0 Å². The Balaban J connectivity index is 2.77. The van der Waals surface area contributed by atoms with Crippen LogP contribution in [0.5, 0.6) is 0 Å². The predicted octanol–water partition coefficient (Wildman–Crippen LogP) is 1.63. The maximum atomic E-state index is 12.4. The third-order valence-corrected chi connectivity index (χ3v) is 3.29. The van der Waals surface area contributed by atoms with E-state index in [-0.39, 0.29) is 18.6 Å². The Kier molecular flexibility index (Phi) is 6.26. The summed E-state index contributed by atoms with van der Waals surface area (Å²) in [5, 5.41) is 14.3. The normalized spacial score (nSPS) is 20.5. The van der Waals surface area contributed by atoms with Gasteiger partial charge in [0.15, 0.2) is 0 Å². The van der Waals surface area contributed by atoms with Crippen LogP contribution in [0, 0.1) is 0 Å². The minimum absolute atomic E-state index is 0.0270. The first kappa shape index (κ1) is 17.6. The highest BCUT2D eigenvalue weighted by atomic mass is 16.6. The summed E-state index contributed by atoms with van der Waals surface area (Å²) in [7, 11) is 0. The molecule has 1 unspecified atom stereocenters. The molecular formula is C14H27N3O4. The summed E-state index contributed by atoms with van der Waals surface area (Å²) in [6, 6.07) is -0.236. The van der Waals surface area contributed by atoms with E-state index in [2.05, 4.69) is 10.6 Å². The lowest BCUT2D eigenvalue weighted by Gasteiger charge is -2.39. The number of amides is 2. The van der Waals surface area contributed by atoms with Crippen molar-refractivity contribution in [1.82, 2.24) is 15.5 Å². The van der Waals surface area contributed by atoms with Gasteiger partial charge in [-0.25, -0.2) is 9.59 Å². The van der Waals surface area contributed by atoms with E-state index >= 15 is 0 Å². The molecule has 1 fully saturated rings. The van der Waals surface area contributed by atoms with E-state index in [1.54, 1.807) is 4.90 Å². The summed E-state index contributed by atoms with van der Waals surface area (Å²) in [6.07, 6.45) is 0.399. The van der Waals surface area contributed by atoms with Gasteiger partial charge < -0.3 is 20.5 Å². The number of rotatable bonds is 4. The number of nitrogens with one attached hydrogen (secondary N) is 2. The van der Waals surface area contributed by atoms with Crippen LogP contribution in [-0.2, 0) is 4.74 Å². The average molecular weight is 301 g/mol. The Morgan fingerprint density at radius 3 is 2.62 bits per heavy atom. The maximum absolute atomic E-state index is 12.4. The summed E-state index contributed by atoms with van der Waals surface area (Å²) in [5.74, 6) is 0. The fraction of sp³-hybridized carbons (Fsp3) is 0.857. The monoisotopic (exact) mass is 301 g/mol. The molecule has 1 heterocycles. The van der Waals surface area contributed by atoms with Gasteiger partial charge in [0.1, 0.15) is 5.60 Å². The number of piperidine rings is 1. The molecule has 2 atom stereocenters. The van der Waals surface area contributed by atoms with Gasteiger partial charge in [-0.3, -0.25) is 4.90 Å². The largest absolute Gasteiger partial charge is 0.465 e. The van der Waals surface area contributed by atoms with Crippen LogP contribution in [0.3, 0.4) is 0 Å². The number of carbonyl (C=O) groups excluding carboxylic acids is 1. The first-order valence-electron chi connectivity index (χ1n) is 7.39. The number of ether oxygens (including phenoxy) is 1. The predicted molar refractivity (Wildman–Crippen MR) is 79.5 cm³/mol. The van der Waals surface area contributed by atoms with Crippen molar-refractivity contribution >= 4 is 12.2 Å². The van der Waals surface area contributed by atoms with Crippen molar-refractivity contribution in [3.05, 3.63) is 0 Å². The quantitative estimate of drug-likeness (QED) is 0.734. The number of hydrogen-bond donors (Lipinski definition) is 3. The van der Waals surface area contributed by atoms with Crippen molar-refractivity contribution in [2.45, 2.75) is 58.2 Å². The van der Waals surface area contributed by atoms with Gasteiger partial charge in [0.25, 0.3) is 0 Å². The van der Waals surface area contributed by atoms with E-state index in [0.717, 1.165) is 19.4 Å². The molecule has 122 valence electrons. The summed E-state index contributed by atoms with van der Waals surface area (Å²) < 4.78 is 5.47. The number of carboxylic acid groups (broad SMARTS) is 1. The summed E-state index contributed by atoms with van der Waals surface area (Å²) in [6.45, 7) is 9.13. The first-order chi connectivity index (χ1) is 9.70. The van der Waals surface area contributed by atoms with Gasteiger partial charge in [0, 0.05) is 19.1 Å². The van der Waals surface area contributed by atoms with E-state index in [0.29, 0.717) is 6.54 Å². The van der Waals surface area contributed by atoms with Gasteiger partial charge >= 0.3 is 12.2 Å². The molecule has 0 aliphatic carbocycles. The zero-order valence-corrected chi connectivity index (χ0v) is 13.3. The van der Waals surface area contributed by atoms with E-state index in [9.17, 15) is 9.59 Å². The van der Waals surface area contributed by atoms with Crippen LogP contribution in [-0.4, -0.2) is 59.5 Å². The van der Waals surface area contributed by atoms with Crippen LogP contribution < -0.4 is 10.6 Å². The standard InChI is InChI=1S/C14H27N3O4/c1-10(8-16-12(18)19)17(11-6-5-7-15-9-11)13(20)21-14(2,3)4/h10-11,15-16H,5-9H2,1-4H3,(H,18,19)/t10?,11-/m0/s1. The van der Waals surface area contributed by atoms with Gasteiger partial charge in [-0.15, -0.1) is 0 Å². The smallest absolute Gasteiger partial charge is 0.410 e. The molecule has 0 radical (unpaired) electrons. The molecule has 1 saturated heterocycles. The molecule has 1 aliphatic heterocycles. The lowest BCUT2D eigenvalue weighted by atomic mass is 10.0. The highest BCUT2D eigenvalue weighted by Gasteiger charge is 2.32. The molecular weight excluding hydrogens is 274 g/mol. The second-order valence-corrected chi connectivity index (χ2v) is 6.42. The molecule has 0 aromatic carbocycles. The van der Waals surface area contributed by atoms with Crippen molar-refractivity contribution in [2.75, 3.05) is 19.6 Å². The van der Waals surface area contributed by atoms with Crippen molar-refractivity contribution in [3.8, 4) is 0 Å². The number of carbonyl (C=O) groups is 2. The molecule has 0 saturated carbocycles. The van der Waals surface area contributed by atoms with Crippen molar-refractivity contribution in [3.63, 3.8) is 0 Å². The fourth-order valence-electron chi connectivity index (χ4n) is 2.41. The molecule has 0 aromatic rings. The topological polar surface area (TPSA) is 90.9 Å². The van der Waals surface area contributed by atoms with Crippen molar-refractivity contribution < 1.29 is 19.4 Å². The van der Waals surface area contributed by atoms with Gasteiger partial charge in [0.05, 0.1) is 6.04 Å². The average Bonchev–Trinajstić information content (AvgIpc) is 2.35. The minimum atomic E-state index is -1.09. The van der Waals surface area contributed by atoms with Gasteiger partial charge in [-0.05, 0) is 47.1 Å². The van der Waals surface area contributed by atoms with E-state index in [4.69, 9.17) is 9.84 Å². The SMILES string of the molecule is CC(CNC(=O)O)N(C(=O)OC(C)(C)C)[C@H]1CCCNC1. The number of hydrogen-bond acceptors (Lipinski definition) is 4. The Bertz CT molecular complexity index is 362. The molecule has 0 aromatic heterocycles. The van der Waals surface area contributed by atoms with Crippen molar-refractivity contribution in [2.24, 2.45) is 0 Å².